The van der Waals surface area contributed by atoms with Crippen LogP contribution in [0.5, 0.6) is 11.5 Å². The van der Waals surface area contributed by atoms with Gasteiger partial charge < -0.3 is 15.2 Å². The van der Waals surface area contributed by atoms with Gasteiger partial charge in [-0.15, -0.1) is 0 Å². The number of halogens is 4. The fourth-order valence-corrected chi connectivity index (χ4v) is 3.40. The summed E-state index contributed by atoms with van der Waals surface area (Å²) in [4.78, 5) is 1.74. The van der Waals surface area contributed by atoms with Gasteiger partial charge in [0.05, 0.1) is 17.6 Å². The lowest BCUT2D eigenvalue weighted by Crippen LogP contribution is -2.47. The zero-order chi connectivity index (χ0) is 15.6. The number of piperazine rings is 1. The zero-order valence-corrected chi connectivity index (χ0v) is 14.5. The molecule has 1 saturated heterocycles. The van der Waals surface area contributed by atoms with E-state index in [0.717, 1.165) is 0 Å². The third-order valence-corrected chi connectivity index (χ3v) is 5.65. The zero-order valence-electron chi connectivity index (χ0n) is 11.4. The van der Waals surface area contributed by atoms with Crippen LogP contribution in [0.4, 0.5) is 8.78 Å². The van der Waals surface area contributed by atoms with Crippen molar-refractivity contribution in [1.82, 2.24) is 10.2 Å². The largest absolute Gasteiger partial charge is 0.503 e. The third kappa shape index (κ3) is 3.49. The molecule has 118 valence electrons. The SMILES string of the molecule is COc1cc([C@@H](C(F)F)N2CCNCC2)c(Br)c(Br)c1O. The molecule has 2 N–H and O–H groups in total. The van der Waals surface area contributed by atoms with Gasteiger partial charge in [0.25, 0.3) is 6.43 Å². The second-order valence-corrected chi connectivity index (χ2v) is 6.30. The van der Waals surface area contributed by atoms with Crippen LogP contribution >= 0.6 is 31.9 Å². The summed E-state index contributed by atoms with van der Waals surface area (Å²) in [6, 6.07) is 0.413. The van der Waals surface area contributed by atoms with Crippen LogP contribution < -0.4 is 10.1 Å². The first-order valence-electron chi connectivity index (χ1n) is 6.45. The third-order valence-electron chi connectivity index (χ3n) is 3.50. The molecule has 0 radical (unpaired) electrons. The van der Waals surface area contributed by atoms with Crippen molar-refractivity contribution >= 4 is 31.9 Å². The van der Waals surface area contributed by atoms with Crippen molar-refractivity contribution < 1.29 is 18.6 Å². The molecule has 21 heavy (non-hydrogen) atoms. The van der Waals surface area contributed by atoms with Gasteiger partial charge in [-0.3, -0.25) is 4.90 Å². The monoisotopic (exact) mass is 428 g/mol. The number of methoxy groups -OCH3 is 1. The Bertz CT molecular complexity index is 511. The van der Waals surface area contributed by atoms with Crippen LogP contribution in [0.3, 0.4) is 0 Å². The van der Waals surface area contributed by atoms with Crippen molar-refractivity contribution in [2.75, 3.05) is 33.3 Å². The highest BCUT2D eigenvalue weighted by molar-refractivity contribution is 9.13. The van der Waals surface area contributed by atoms with E-state index in [1.807, 2.05) is 0 Å². The smallest absolute Gasteiger partial charge is 0.258 e. The number of rotatable bonds is 4. The van der Waals surface area contributed by atoms with E-state index >= 15 is 0 Å². The van der Waals surface area contributed by atoms with E-state index in [9.17, 15) is 13.9 Å². The molecule has 0 bridgehead atoms. The molecule has 0 aliphatic carbocycles. The van der Waals surface area contributed by atoms with Crippen molar-refractivity contribution in [2.24, 2.45) is 0 Å². The topological polar surface area (TPSA) is 44.7 Å². The van der Waals surface area contributed by atoms with Crippen LogP contribution in [0, 0.1) is 0 Å². The van der Waals surface area contributed by atoms with Crippen LogP contribution in [0.1, 0.15) is 11.6 Å². The molecule has 0 spiro atoms. The first kappa shape index (κ1) is 16.9. The minimum absolute atomic E-state index is 0.110. The predicted octanol–water partition coefficient (Wildman–Crippen LogP) is 3.14. The number of aromatic hydroxyl groups is 1. The maximum Gasteiger partial charge on any atom is 0.258 e. The van der Waals surface area contributed by atoms with Crippen LogP contribution in [-0.2, 0) is 0 Å². The number of benzene rings is 1. The fraction of sp³-hybridized carbons (Fsp3) is 0.538. The lowest BCUT2D eigenvalue weighted by atomic mass is 10.0. The standard InChI is InChI=1S/C13H16Br2F2N2O2/c1-21-8-6-7(9(14)10(15)12(8)20)11(13(16)17)19-4-2-18-3-5-19/h6,11,13,18,20H,2-5H2,1H3/t11-/m0/s1. The van der Waals surface area contributed by atoms with Gasteiger partial charge in [-0.2, -0.15) is 0 Å². The van der Waals surface area contributed by atoms with E-state index < -0.39 is 12.5 Å². The van der Waals surface area contributed by atoms with E-state index in [1.165, 1.54) is 13.2 Å². The van der Waals surface area contributed by atoms with Gasteiger partial charge >= 0.3 is 0 Å². The molecular formula is C13H16Br2F2N2O2. The van der Waals surface area contributed by atoms with E-state index in [2.05, 4.69) is 37.2 Å². The van der Waals surface area contributed by atoms with Gasteiger partial charge in [-0.1, -0.05) is 0 Å². The van der Waals surface area contributed by atoms with E-state index in [0.29, 0.717) is 40.7 Å². The van der Waals surface area contributed by atoms with Crippen LogP contribution in [0.2, 0.25) is 0 Å². The molecule has 2 rings (SSSR count). The van der Waals surface area contributed by atoms with Crippen LogP contribution in [-0.4, -0.2) is 49.7 Å². The number of phenols is 1. The molecule has 0 aromatic heterocycles. The summed E-state index contributed by atoms with van der Waals surface area (Å²) in [6.07, 6.45) is -2.54. The number of ether oxygens (including phenoxy) is 1. The number of nitrogens with zero attached hydrogens (tertiary/aromatic N) is 1. The van der Waals surface area contributed by atoms with Crippen LogP contribution in [0.15, 0.2) is 15.0 Å². The molecule has 1 fully saturated rings. The Morgan fingerprint density at radius 2 is 1.90 bits per heavy atom. The van der Waals surface area contributed by atoms with E-state index in [-0.39, 0.29) is 11.5 Å². The van der Waals surface area contributed by atoms with E-state index in [4.69, 9.17) is 4.74 Å². The summed E-state index contributed by atoms with van der Waals surface area (Å²) >= 11 is 6.50. The predicted molar refractivity (Wildman–Crippen MR) is 83.2 cm³/mol. The Morgan fingerprint density at radius 1 is 1.29 bits per heavy atom. The van der Waals surface area contributed by atoms with Gasteiger partial charge in [0, 0.05) is 30.7 Å². The average molecular weight is 430 g/mol. The molecule has 1 aromatic rings. The Morgan fingerprint density at radius 3 is 2.43 bits per heavy atom. The molecule has 0 amide bonds. The quantitative estimate of drug-likeness (QED) is 0.771. The number of hydrogen-bond donors (Lipinski definition) is 2. The number of hydrogen-bond acceptors (Lipinski definition) is 4. The second kappa shape index (κ2) is 7.21. The Labute approximate surface area is 138 Å². The molecule has 1 atom stereocenters. The summed E-state index contributed by atoms with van der Waals surface area (Å²) in [6.45, 7) is 2.44. The molecule has 0 saturated carbocycles. The summed E-state index contributed by atoms with van der Waals surface area (Å²) in [7, 11) is 1.39. The van der Waals surface area contributed by atoms with Crippen molar-refractivity contribution in [2.45, 2.75) is 12.5 Å². The highest BCUT2D eigenvalue weighted by Crippen LogP contribution is 2.45. The van der Waals surface area contributed by atoms with E-state index in [1.54, 1.807) is 4.90 Å². The fourth-order valence-electron chi connectivity index (χ4n) is 2.43. The van der Waals surface area contributed by atoms with Gasteiger partial charge in [0.2, 0.25) is 0 Å². The van der Waals surface area contributed by atoms with Crippen molar-refractivity contribution in [3.63, 3.8) is 0 Å². The number of alkyl halides is 2. The average Bonchev–Trinajstić information content (AvgIpc) is 2.48. The van der Waals surface area contributed by atoms with Gasteiger partial charge in [0.1, 0.15) is 0 Å². The van der Waals surface area contributed by atoms with Crippen molar-refractivity contribution in [1.29, 1.82) is 0 Å². The molecule has 1 aliphatic heterocycles. The lowest BCUT2D eigenvalue weighted by molar-refractivity contribution is 0.0177. The van der Waals surface area contributed by atoms with Gasteiger partial charge in [-0.05, 0) is 43.5 Å². The molecule has 4 nitrogen and oxygen atoms in total. The first-order chi connectivity index (χ1) is 9.97. The minimum Gasteiger partial charge on any atom is -0.503 e. The molecular weight excluding hydrogens is 414 g/mol. The first-order valence-corrected chi connectivity index (χ1v) is 8.03. The van der Waals surface area contributed by atoms with Gasteiger partial charge in [0.15, 0.2) is 11.5 Å². The highest BCUT2D eigenvalue weighted by Gasteiger charge is 2.33. The second-order valence-electron chi connectivity index (χ2n) is 4.71. The van der Waals surface area contributed by atoms with Crippen molar-refractivity contribution in [3.05, 3.63) is 20.6 Å². The maximum absolute atomic E-state index is 13.6. The molecule has 8 heteroatoms. The Kier molecular flexibility index (Phi) is 5.81. The Hall–Kier alpha value is -0.440. The van der Waals surface area contributed by atoms with Gasteiger partial charge in [-0.25, -0.2) is 8.78 Å². The Balaban J connectivity index is 2.47. The lowest BCUT2D eigenvalue weighted by Gasteiger charge is -2.35. The number of phenolic OH excluding ortho intramolecular Hbond substituents is 1. The summed E-state index contributed by atoms with van der Waals surface area (Å²) in [5.74, 6) is 0.0577. The molecule has 1 heterocycles. The summed E-state index contributed by atoms with van der Waals surface area (Å²) in [5, 5.41) is 13.1. The molecule has 1 aliphatic rings. The maximum atomic E-state index is 13.6. The van der Waals surface area contributed by atoms with Crippen molar-refractivity contribution in [3.8, 4) is 11.5 Å². The molecule has 0 unspecified atom stereocenters. The summed E-state index contributed by atoms with van der Waals surface area (Å²) in [5.41, 5.74) is 0.397. The minimum atomic E-state index is -2.54. The highest BCUT2D eigenvalue weighted by atomic mass is 79.9. The molecule has 1 aromatic carbocycles. The van der Waals surface area contributed by atoms with Crippen LogP contribution in [0.25, 0.3) is 0 Å². The number of nitrogens with one attached hydrogen (secondary N) is 1. The summed E-state index contributed by atoms with van der Waals surface area (Å²) < 4.78 is 33.0. The normalized spacial score (nSPS) is 18.0.